The van der Waals surface area contributed by atoms with Crippen molar-refractivity contribution in [2.24, 2.45) is 0 Å². The Hall–Kier alpha value is -2.10. The lowest BCUT2D eigenvalue weighted by Crippen LogP contribution is -1.92. The molecule has 0 bridgehead atoms. The SMILES string of the molecule is Cc1nc2cccc(-c3ccoc3)n2n1. The van der Waals surface area contributed by atoms with Crippen LogP contribution in [-0.4, -0.2) is 14.6 Å². The van der Waals surface area contributed by atoms with Gasteiger partial charge < -0.3 is 4.42 Å². The maximum absolute atomic E-state index is 5.06. The zero-order chi connectivity index (χ0) is 10.3. The summed E-state index contributed by atoms with van der Waals surface area (Å²) in [4.78, 5) is 4.30. The van der Waals surface area contributed by atoms with Gasteiger partial charge in [-0.2, -0.15) is 5.10 Å². The Labute approximate surface area is 86.2 Å². The van der Waals surface area contributed by atoms with E-state index in [9.17, 15) is 0 Å². The lowest BCUT2D eigenvalue weighted by Gasteiger charge is -1.99. The molecule has 15 heavy (non-hydrogen) atoms. The zero-order valence-corrected chi connectivity index (χ0v) is 8.21. The highest BCUT2D eigenvalue weighted by molar-refractivity contribution is 5.61. The van der Waals surface area contributed by atoms with Crippen molar-refractivity contribution in [3.63, 3.8) is 0 Å². The number of hydrogen-bond donors (Lipinski definition) is 0. The summed E-state index contributed by atoms with van der Waals surface area (Å²) >= 11 is 0. The van der Waals surface area contributed by atoms with Gasteiger partial charge in [0.15, 0.2) is 5.65 Å². The number of furan rings is 1. The van der Waals surface area contributed by atoms with E-state index in [-0.39, 0.29) is 0 Å². The Kier molecular flexibility index (Phi) is 1.62. The summed E-state index contributed by atoms with van der Waals surface area (Å²) in [6.45, 7) is 1.88. The predicted molar refractivity (Wildman–Crippen MR) is 55.4 cm³/mol. The van der Waals surface area contributed by atoms with E-state index in [4.69, 9.17) is 4.42 Å². The Bertz CT molecular complexity index is 595. The first-order valence-corrected chi connectivity index (χ1v) is 4.69. The van der Waals surface area contributed by atoms with E-state index in [0.29, 0.717) is 0 Å². The Morgan fingerprint density at radius 2 is 2.20 bits per heavy atom. The number of pyridine rings is 1. The molecule has 3 aromatic rings. The molecule has 0 radical (unpaired) electrons. The van der Waals surface area contributed by atoms with E-state index in [1.807, 2.05) is 35.7 Å². The predicted octanol–water partition coefficient (Wildman–Crippen LogP) is 2.30. The van der Waals surface area contributed by atoms with Crippen molar-refractivity contribution >= 4 is 5.65 Å². The molecule has 0 amide bonds. The van der Waals surface area contributed by atoms with Crippen LogP contribution < -0.4 is 0 Å². The summed E-state index contributed by atoms with van der Waals surface area (Å²) in [6.07, 6.45) is 3.35. The molecule has 0 N–H and O–H groups in total. The minimum absolute atomic E-state index is 0.769. The van der Waals surface area contributed by atoms with Crippen molar-refractivity contribution in [3.8, 4) is 11.3 Å². The second-order valence-electron chi connectivity index (χ2n) is 3.35. The zero-order valence-electron chi connectivity index (χ0n) is 8.21. The van der Waals surface area contributed by atoms with Crippen molar-refractivity contribution in [2.75, 3.05) is 0 Å². The summed E-state index contributed by atoms with van der Waals surface area (Å²) < 4.78 is 6.88. The molecule has 74 valence electrons. The third-order valence-electron chi connectivity index (χ3n) is 2.28. The Balaban J connectivity index is 2.35. The molecule has 0 saturated heterocycles. The molecule has 0 saturated carbocycles. The first-order chi connectivity index (χ1) is 7.34. The fourth-order valence-corrected chi connectivity index (χ4v) is 1.64. The van der Waals surface area contributed by atoms with Gasteiger partial charge >= 0.3 is 0 Å². The molecule has 4 heteroatoms. The lowest BCUT2D eigenvalue weighted by atomic mass is 10.2. The lowest BCUT2D eigenvalue weighted by molar-refractivity contribution is 0.568. The molecule has 0 spiro atoms. The van der Waals surface area contributed by atoms with Crippen LogP contribution in [0.5, 0.6) is 0 Å². The summed E-state index contributed by atoms with van der Waals surface area (Å²) in [5.41, 5.74) is 2.85. The second kappa shape index (κ2) is 2.95. The van der Waals surface area contributed by atoms with Gasteiger partial charge in [0.2, 0.25) is 0 Å². The number of aromatic nitrogens is 3. The normalized spacial score (nSPS) is 11.0. The molecule has 0 aliphatic rings. The number of nitrogens with zero attached hydrogens (tertiary/aromatic N) is 3. The molecule has 3 heterocycles. The quantitative estimate of drug-likeness (QED) is 0.604. The molecule has 0 unspecified atom stereocenters. The van der Waals surface area contributed by atoms with E-state index in [1.54, 1.807) is 12.5 Å². The fourth-order valence-electron chi connectivity index (χ4n) is 1.64. The smallest absolute Gasteiger partial charge is 0.156 e. The van der Waals surface area contributed by atoms with Gasteiger partial charge in [0.1, 0.15) is 5.82 Å². The minimum atomic E-state index is 0.769. The first kappa shape index (κ1) is 8.23. The molecular formula is C11H9N3O. The van der Waals surface area contributed by atoms with Gasteiger partial charge in [-0.25, -0.2) is 9.50 Å². The van der Waals surface area contributed by atoms with Crippen LogP contribution in [0.15, 0.2) is 41.2 Å². The second-order valence-corrected chi connectivity index (χ2v) is 3.35. The van der Waals surface area contributed by atoms with E-state index in [0.717, 1.165) is 22.7 Å². The van der Waals surface area contributed by atoms with Crippen LogP contribution in [0, 0.1) is 6.92 Å². The maximum Gasteiger partial charge on any atom is 0.156 e. The molecule has 0 aromatic carbocycles. The molecule has 3 aromatic heterocycles. The Morgan fingerprint density at radius 1 is 1.27 bits per heavy atom. The van der Waals surface area contributed by atoms with Gasteiger partial charge in [0.05, 0.1) is 18.2 Å². The summed E-state index contributed by atoms with van der Waals surface area (Å²) in [5.74, 6) is 0.769. The van der Waals surface area contributed by atoms with E-state index >= 15 is 0 Å². The topological polar surface area (TPSA) is 43.3 Å². The average Bonchev–Trinajstić information content (AvgIpc) is 2.82. The average molecular weight is 199 g/mol. The molecule has 3 rings (SSSR count). The third kappa shape index (κ3) is 1.22. The standard InChI is InChI=1S/C11H9N3O/c1-8-12-11-4-2-3-10(14(11)13-8)9-5-6-15-7-9/h2-7H,1H3. The monoisotopic (exact) mass is 199 g/mol. The van der Waals surface area contributed by atoms with Crippen LogP contribution in [0.4, 0.5) is 0 Å². The van der Waals surface area contributed by atoms with Crippen LogP contribution in [0.1, 0.15) is 5.82 Å². The van der Waals surface area contributed by atoms with Crippen molar-refractivity contribution < 1.29 is 4.42 Å². The van der Waals surface area contributed by atoms with Gasteiger partial charge in [-0.15, -0.1) is 0 Å². The van der Waals surface area contributed by atoms with E-state index < -0.39 is 0 Å². The van der Waals surface area contributed by atoms with Crippen LogP contribution in [0.25, 0.3) is 16.9 Å². The van der Waals surface area contributed by atoms with E-state index in [2.05, 4.69) is 10.1 Å². The highest BCUT2D eigenvalue weighted by Crippen LogP contribution is 2.19. The van der Waals surface area contributed by atoms with Crippen molar-refractivity contribution in [1.29, 1.82) is 0 Å². The number of hydrogen-bond acceptors (Lipinski definition) is 3. The van der Waals surface area contributed by atoms with Gasteiger partial charge in [0, 0.05) is 5.56 Å². The third-order valence-corrected chi connectivity index (χ3v) is 2.28. The van der Waals surface area contributed by atoms with Gasteiger partial charge in [0.25, 0.3) is 0 Å². The van der Waals surface area contributed by atoms with Crippen LogP contribution >= 0.6 is 0 Å². The van der Waals surface area contributed by atoms with Crippen LogP contribution in [0.3, 0.4) is 0 Å². The minimum Gasteiger partial charge on any atom is -0.472 e. The maximum atomic E-state index is 5.06. The van der Waals surface area contributed by atoms with Crippen molar-refractivity contribution in [3.05, 3.63) is 42.6 Å². The largest absolute Gasteiger partial charge is 0.472 e. The van der Waals surface area contributed by atoms with Crippen LogP contribution in [0.2, 0.25) is 0 Å². The number of aryl methyl sites for hydroxylation is 1. The van der Waals surface area contributed by atoms with E-state index in [1.165, 1.54) is 0 Å². The Morgan fingerprint density at radius 3 is 3.00 bits per heavy atom. The van der Waals surface area contributed by atoms with Gasteiger partial charge in [-0.05, 0) is 25.1 Å². The summed E-state index contributed by atoms with van der Waals surface area (Å²) in [7, 11) is 0. The number of rotatable bonds is 1. The highest BCUT2D eigenvalue weighted by Gasteiger charge is 2.06. The van der Waals surface area contributed by atoms with Crippen LogP contribution in [-0.2, 0) is 0 Å². The molecule has 4 nitrogen and oxygen atoms in total. The summed E-state index contributed by atoms with van der Waals surface area (Å²) in [5, 5.41) is 4.33. The highest BCUT2D eigenvalue weighted by atomic mass is 16.3. The van der Waals surface area contributed by atoms with Crippen molar-refractivity contribution in [2.45, 2.75) is 6.92 Å². The fraction of sp³-hybridized carbons (Fsp3) is 0.0909. The van der Waals surface area contributed by atoms with Gasteiger partial charge in [-0.1, -0.05) is 6.07 Å². The van der Waals surface area contributed by atoms with Gasteiger partial charge in [-0.3, -0.25) is 0 Å². The number of fused-ring (bicyclic) bond motifs is 1. The molecule has 0 fully saturated rings. The summed E-state index contributed by atoms with van der Waals surface area (Å²) in [6, 6.07) is 7.80. The molecule has 0 atom stereocenters. The first-order valence-electron chi connectivity index (χ1n) is 4.69. The molecule has 0 aliphatic carbocycles. The molecular weight excluding hydrogens is 190 g/mol. The van der Waals surface area contributed by atoms with Crippen molar-refractivity contribution in [1.82, 2.24) is 14.6 Å². The molecule has 0 aliphatic heterocycles.